The third-order valence-electron chi connectivity index (χ3n) is 4.81. The molecule has 0 heterocycles. The molecule has 6 nitrogen and oxygen atoms in total. The van der Waals surface area contributed by atoms with Crippen molar-refractivity contribution in [2.45, 2.75) is 62.3 Å². The molecule has 0 saturated heterocycles. The van der Waals surface area contributed by atoms with Crippen LogP contribution in [0.2, 0.25) is 0 Å². The molecule has 2 rings (SSSR count). The number of sulfonamides is 2. The first-order valence-electron chi connectivity index (χ1n) is 8.83. The lowest BCUT2D eigenvalue weighted by atomic mass is 9.88. The van der Waals surface area contributed by atoms with Crippen LogP contribution < -0.4 is 4.72 Å². The standard InChI is InChI=1S/C17H28N2O4S2/c1-4-19(5-2)25(22,23)17-12-10-16(11-13-17)24(20,21)18-15-8-6-14(3)7-9-15/h10-15,18H,4-9H2,1-3H3. The molecule has 1 aromatic rings. The predicted octanol–water partition coefficient (Wildman–Crippen LogP) is 2.57. The third-order valence-corrected chi connectivity index (χ3v) is 8.42. The third kappa shape index (κ3) is 4.81. The summed E-state index contributed by atoms with van der Waals surface area (Å²) in [7, 11) is -7.21. The summed E-state index contributed by atoms with van der Waals surface area (Å²) in [4.78, 5) is 0.214. The Morgan fingerprint density at radius 2 is 1.40 bits per heavy atom. The van der Waals surface area contributed by atoms with Gasteiger partial charge in [-0.3, -0.25) is 0 Å². The van der Waals surface area contributed by atoms with Crippen LogP contribution in [0.5, 0.6) is 0 Å². The molecular formula is C17H28N2O4S2. The van der Waals surface area contributed by atoms with Crippen LogP contribution in [0.25, 0.3) is 0 Å². The number of hydrogen-bond acceptors (Lipinski definition) is 4. The second-order valence-electron chi connectivity index (χ2n) is 6.64. The van der Waals surface area contributed by atoms with Crippen molar-refractivity contribution < 1.29 is 16.8 Å². The molecule has 0 unspecified atom stereocenters. The van der Waals surface area contributed by atoms with E-state index in [-0.39, 0.29) is 15.8 Å². The Kier molecular flexibility index (Phi) is 6.64. The van der Waals surface area contributed by atoms with Gasteiger partial charge in [-0.05, 0) is 55.9 Å². The molecule has 1 aliphatic carbocycles. The highest BCUT2D eigenvalue weighted by Crippen LogP contribution is 2.25. The van der Waals surface area contributed by atoms with E-state index in [1.807, 2.05) is 0 Å². The average molecular weight is 389 g/mol. The summed E-state index contributed by atoms with van der Waals surface area (Å²) >= 11 is 0. The van der Waals surface area contributed by atoms with E-state index in [1.54, 1.807) is 13.8 Å². The van der Waals surface area contributed by atoms with E-state index in [1.165, 1.54) is 28.6 Å². The minimum atomic E-state index is -3.63. The normalized spacial score (nSPS) is 22.2. The minimum absolute atomic E-state index is 0.0414. The largest absolute Gasteiger partial charge is 0.243 e. The van der Waals surface area contributed by atoms with Gasteiger partial charge in [0.15, 0.2) is 0 Å². The highest BCUT2D eigenvalue weighted by atomic mass is 32.2. The lowest BCUT2D eigenvalue weighted by Crippen LogP contribution is -2.37. The molecule has 0 spiro atoms. The second kappa shape index (κ2) is 8.16. The Bertz CT molecular complexity index is 761. The lowest BCUT2D eigenvalue weighted by molar-refractivity contribution is 0.332. The monoisotopic (exact) mass is 388 g/mol. The molecule has 8 heteroatoms. The van der Waals surface area contributed by atoms with E-state index in [2.05, 4.69) is 11.6 Å². The van der Waals surface area contributed by atoms with Gasteiger partial charge >= 0.3 is 0 Å². The van der Waals surface area contributed by atoms with Crippen LogP contribution in [-0.2, 0) is 20.0 Å². The molecule has 142 valence electrons. The van der Waals surface area contributed by atoms with E-state index in [0.717, 1.165) is 25.7 Å². The fraction of sp³-hybridized carbons (Fsp3) is 0.647. The molecule has 0 bridgehead atoms. The van der Waals surface area contributed by atoms with Crippen molar-refractivity contribution in [1.82, 2.24) is 9.03 Å². The van der Waals surface area contributed by atoms with E-state index in [4.69, 9.17) is 0 Å². The van der Waals surface area contributed by atoms with Crippen molar-refractivity contribution in [2.24, 2.45) is 5.92 Å². The van der Waals surface area contributed by atoms with Gasteiger partial charge in [-0.2, -0.15) is 4.31 Å². The quantitative estimate of drug-likeness (QED) is 0.778. The van der Waals surface area contributed by atoms with Crippen LogP contribution in [0.1, 0.15) is 46.5 Å². The maximum absolute atomic E-state index is 12.5. The van der Waals surface area contributed by atoms with Gasteiger partial charge in [0, 0.05) is 19.1 Å². The van der Waals surface area contributed by atoms with Gasteiger partial charge in [-0.25, -0.2) is 21.6 Å². The van der Waals surface area contributed by atoms with Gasteiger partial charge < -0.3 is 0 Å². The first kappa shape index (κ1) is 20.4. The fourth-order valence-electron chi connectivity index (χ4n) is 3.17. The number of hydrogen-bond donors (Lipinski definition) is 1. The topological polar surface area (TPSA) is 83.6 Å². The van der Waals surface area contributed by atoms with Crippen molar-refractivity contribution in [3.63, 3.8) is 0 Å². The summed E-state index contributed by atoms with van der Waals surface area (Å²) in [5, 5.41) is 0. The Balaban J connectivity index is 2.16. The maximum atomic E-state index is 12.5. The molecule has 0 radical (unpaired) electrons. The Hall–Kier alpha value is -0.960. The molecule has 1 saturated carbocycles. The highest BCUT2D eigenvalue weighted by molar-refractivity contribution is 7.89. The molecule has 25 heavy (non-hydrogen) atoms. The van der Waals surface area contributed by atoms with Gasteiger partial charge in [0.1, 0.15) is 0 Å². The lowest BCUT2D eigenvalue weighted by Gasteiger charge is -2.26. The number of benzene rings is 1. The summed E-state index contributed by atoms with van der Waals surface area (Å²) in [5.74, 6) is 0.644. The molecule has 1 aliphatic rings. The van der Waals surface area contributed by atoms with E-state index < -0.39 is 20.0 Å². The highest BCUT2D eigenvalue weighted by Gasteiger charge is 2.26. The molecule has 0 amide bonds. The van der Waals surface area contributed by atoms with E-state index in [0.29, 0.717) is 19.0 Å². The van der Waals surface area contributed by atoms with Gasteiger partial charge in [0.2, 0.25) is 20.0 Å². The molecule has 1 N–H and O–H groups in total. The first-order valence-corrected chi connectivity index (χ1v) is 11.8. The van der Waals surface area contributed by atoms with Crippen LogP contribution >= 0.6 is 0 Å². The van der Waals surface area contributed by atoms with Crippen molar-refractivity contribution in [2.75, 3.05) is 13.1 Å². The summed E-state index contributed by atoms with van der Waals surface area (Å²) in [5.41, 5.74) is 0. The maximum Gasteiger partial charge on any atom is 0.243 e. The molecule has 0 atom stereocenters. The second-order valence-corrected chi connectivity index (χ2v) is 10.3. The SMILES string of the molecule is CCN(CC)S(=O)(=O)c1ccc(S(=O)(=O)NC2CCC(C)CC2)cc1. The van der Waals surface area contributed by atoms with E-state index in [9.17, 15) is 16.8 Å². The zero-order valence-electron chi connectivity index (χ0n) is 15.1. The summed E-state index contributed by atoms with van der Waals surface area (Å²) in [6.07, 6.45) is 3.73. The van der Waals surface area contributed by atoms with Crippen LogP contribution in [0.3, 0.4) is 0 Å². The zero-order valence-corrected chi connectivity index (χ0v) is 16.7. The van der Waals surface area contributed by atoms with Gasteiger partial charge in [0.05, 0.1) is 9.79 Å². The van der Waals surface area contributed by atoms with Gasteiger partial charge in [-0.15, -0.1) is 0 Å². The summed E-state index contributed by atoms with van der Waals surface area (Å²) in [6.45, 7) is 6.48. The van der Waals surface area contributed by atoms with Crippen molar-refractivity contribution in [1.29, 1.82) is 0 Å². The van der Waals surface area contributed by atoms with E-state index >= 15 is 0 Å². The molecule has 0 aromatic heterocycles. The van der Waals surface area contributed by atoms with Crippen LogP contribution in [0, 0.1) is 5.92 Å². The number of nitrogens with one attached hydrogen (secondary N) is 1. The molecule has 1 aromatic carbocycles. The molecular weight excluding hydrogens is 360 g/mol. The minimum Gasteiger partial charge on any atom is -0.208 e. The Labute approximate surface area is 151 Å². The molecule has 0 aliphatic heterocycles. The number of rotatable bonds is 7. The van der Waals surface area contributed by atoms with Crippen molar-refractivity contribution in [3.8, 4) is 0 Å². The number of nitrogens with zero attached hydrogens (tertiary/aromatic N) is 1. The fourth-order valence-corrected chi connectivity index (χ4v) is 5.93. The van der Waals surface area contributed by atoms with Crippen LogP contribution in [-0.4, -0.2) is 40.3 Å². The zero-order chi connectivity index (χ0) is 18.7. The average Bonchev–Trinajstić information content (AvgIpc) is 2.58. The Morgan fingerprint density at radius 3 is 1.88 bits per heavy atom. The molecule has 1 fully saturated rings. The van der Waals surface area contributed by atoms with Crippen LogP contribution in [0.4, 0.5) is 0 Å². The van der Waals surface area contributed by atoms with Crippen LogP contribution in [0.15, 0.2) is 34.1 Å². The van der Waals surface area contributed by atoms with Crippen molar-refractivity contribution in [3.05, 3.63) is 24.3 Å². The summed E-state index contributed by atoms with van der Waals surface area (Å²) in [6, 6.07) is 5.42. The Morgan fingerprint density at radius 1 is 0.920 bits per heavy atom. The summed E-state index contributed by atoms with van der Waals surface area (Å²) < 4.78 is 54.1. The smallest absolute Gasteiger partial charge is 0.208 e. The first-order chi connectivity index (χ1) is 11.7. The predicted molar refractivity (Wildman–Crippen MR) is 98.3 cm³/mol. The van der Waals surface area contributed by atoms with Crippen molar-refractivity contribution >= 4 is 20.0 Å². The van der Waals surface area contributed by atoms with Gasteiger partial charge in [0.25, 0.3) is 0 Å². The van der Waals surface area contributed by atoms with Gasteiger partial charge in [-0.1, -0.05) is 20.8 Å².